The van der Waals surface area contributed by atoms with Crippen molar-refractivity contribution in [3.63, 3.8) is 0 Å². The molecule has 4 rings (SSSR count). The maximum absolute atomic E-state index is 12.8. The van der Waals surface area contributed by atoms with Crippen LogP contribution >= 0.6 is 12.4 Å². The van der Waals surface area contributed by atoms with Crippen LogP contribution in [0.3, 0.4) is 0 Å². The third kappa shape index (κ3) is 14.0. The van der Waals surface area contributed by atoms with Gasteiger partial charge >= 0.3 is 30.1 Å². The van der Waals surface area contributed by atoms with Crippen molar-refractivity contribution in [3.8, 4) is 0 Å². The number of aliphatic carboxylic acids is 1. The number of ether oxygens (including phenoxy) is 4. The number of hydrogen-bond acceptors (Lipinski definition) is 13. The monoisotopic (exact) mass is 806 g/mol. The van der Waals surface area contributed by atoms with Gasteiger partial charge in [-0.3, -0.25) is 19.4 Å². The average Bonchev–Trinajstić information content (AvgIpc) is 3.80. The van der Waals surface area contributed by atoms with E-state index in [0.717, 1.165) is 4.90 Å². The Morgan fingerprint density at radius 3 is 1.56 bits per heavy atom. The number of aliphatic hydroxyl groups is 2. The van der Waals surface area contributed by atoms with Crippen LogP contribution in [-0.2, 0) is 38.1 Å². The summed E-state index contributed by atoms with van der Waals surface area (Å²) < 4.78 is 20.2. The van der Waals surface area contributed by atoms with Crippen molar-refractivity contribution in [2.75, 3.05) is 26.3 Å². The lowest BCUT2D eigenvalue weighted by Crippen LogP contribution is -2.53. The molecule has 18 heteroatoms. The highest BCUT2D eigenvalue weighted by Crippen LogP contribution is 2.46. The molecule has 4 fully saturated rings. The molecule has 0 aromatic rings. The van der Waals surface area contributed by atoms with E-state index < -0.39 is 76.6 Å². The number of amides is 3. The summed E-state index contributed by atoms with van der Waals surface area (Å²) in [6.45, 7) is 21.6. The highest BCUT2D eigenvalue weighted by atomic mass is 35.5. The van der Waals surface area contributed by atoms with Gasteiger partial charge in [-0.05, 0) is 68.2 Å². The van der Waals surface area contributed by atoms with E-state index in [0.29, 0.717) is 19.4 Å². The van der Waals surface area contributed by atoms with Crippen molar-refractivity contribution in [2.24, 2.45) is 17.6 Å². The number of nitrogens with two attached hydrogens (primary N) is 1. The second-order valence-corrected chi connectivity index (χ2v) is 15.4. The molecule has 2 saturated heterocycles. The Morgan fingerprint density at radius 1 is 0.782 bits per heavy atom. The van der Waals surface area contributed by atoms with Gasteiger partial charge in [0.15, 0.2) is 0 Å². The fourth-order valence-electron chi connectivity index (χ4n) is 5.82. The molecule has 0 aromatic heterocycles. The van der Waals surface area contributed by atoms with Crippen LogP contribution in [0.2, 0.25) is 0 Å². The molecule has 4 aliphatic rings. The topological polar surface area (TPSA) is 245 Å². The maximum atomic E-state index is 12.8. The molecule has 2 aliphatic carbocycles. The summed E-state index contributed by atoms with van der Waals surface area (Å²) in [5.41, 5.74) is 2.40. The molecule has 0 spiro atoms. The largest absolute Gasteiger partial charge is 0.480 e. The highest BCUT2D eigenvalue weighted by Gasteiger charge is 2.62. The number of rotatable bonds is 9. The zero-order valence-corrected chi connectivity index (χ0v) is 33.3. The van der Waals surface area contributed by atoms with Gasteiger partial charge in [-0.15, -0.1) is 25.6 Å². The van der Waals surface area contributed by atoms with Gasteiger partial charge in [0.25, 0.3) is 0 Å². The lowest BCUT2D eigenvalue weighted by Gasteiger charge is -2.29. The SMILES string of the molecule is C.C=CC1C[C@]1(N)C(=O)OCC.C=C[C@H]1C[C@@]1(NC(=O)[C@@H]1C[C@@H](O)CN1C(=O)OC(C)(C)C)C(=O)OCC.CC(C)(C)OC(=O)N1C[C@H](O)C[C@H]1C(=O)O.Cl. The van der Waals surface area contributed by atoms with Gasteiger partial charge in [0.2, 0.25) is 5.91 Å². The predicted molar refractivity (Wildman–Crippen MR) is 204 cm³/mol. The van der Waals surface area contributed by atoms with Crippen LogP contribution in [0.25, 0.3) is 0 Å². The number of likely N-dealkylation sites (tertiary alicyclic amines) is 2. The van der Waals surface area contributed by atoms with Gasteiger partial charge in [0.05, 0.1) is 38.5 Å². The Kier molecular flexibility index (Phi) is 18.8. The van der Waals surface area contributed by atoms with Gasteiger partial charge in [-0.25, -0.2) is 19.2 Å². The Labute approximate surface area is 330 Å². The first-order valence-electron chi connectivity index (χ1n) is 17.7. The normalized spacial score (nSPS) is 28.8. The van der Waals surface area contributed by atoms with Crippen LogP contribution in [-0.4, -0.2) is 134 Å². The van der Waals surface area contributed by atoms with E-state index in [1.54, 1.807) is 67.5 Å². The molecule has 2 aliphatic heterocycles. The number of hydrogen-bond donors (Lipinski definition) is 5. The minimum absolute atomic E-state index is 0. The zero-order chi connectivity index (χ0) is 40.7. The molecule has 6 N–H and O–H groups in total. The number of nitrogens with zero attached hydrogens (tertiary/aromatic N) is 2. The molecule has 2 heterocycles. The lowest BCUT2D eigenvalue weighted by atomic mass is 10.1. The van der Waals surface area contributed by atoms with Gasteiger partial charge < -0.3 is 45.3 Å². The zero-order valence-electron chi connectivity index (χ0n) is 32.5. The van der Waals surface area contributed by atoms with Crippen LogP contribution in [0.1, 0.15) is 88.5 Å². The Balaban J connectivity index is 0.000000859. The number of carboxylic acid groups (broad SMARTS) is 1. The number of carbonyl (C=O) groups excluding carboxylic acids is 5. The van der Waals surface area contributed by atoms with E-state index in [1.807, 2.05) is 0 Å². The molecule has 1 unspecified atom stereocenters. The van der Waals surface area contributed by atoms with Crippen molar-refractivity contribution in [1.82, 2.24) is 15.1 Å². The number of carboxylic acids is 1. The van der Waals surface area contributed by atoms with Crippen molar-refractivity contribution in [3.05, 3.63) is 25.3 Å². The molecule has 0 bridgehead atoms. The Bertz CT molecular complexity index is 1400. The first kappa shape index (κ1) is 51.1. The fraction of sp³-hybridized carbons (Fsp3) is 0.730. The number of esters is 2. The lowest BCUT2D eigenvalue weighted by molar-refractivity contribution is -0.149. The van der Waals surface area contributed by atoms with Crippen LogP contribution in [0.15, 0.2) is 25.3 Å². The summed E-state index contributed by atoms with van der Waals surface area (Å²) in [4.78, 5) is 73.3. The third-order valence-electron chi connectivity index (χ3n) is 8.69. The Morgan fingerprint density at radius 2 is 1.20 bits per heavy atom. The molecule has 17 nitrogen and oxygen atoms in total. The van der Waals surface area contributed by atoms with E-state index in [4.69, 9.17) is 29.8 Å². The van der Waals surface area contributed by atoms with Crippen LogP contribution in [0.4, 0.5) is 9.59 Å². The molecule has 0 aromatic carbocycles. The smallest absolute Gasteiger partial charge is 0.411 e. The van der Waals surface area contributed by atoms with Crippen LogP contribution < -0.4 is 11.1 Å². The van der Waals surface area contributed by atoms with Gasteiger partial charge in [-0.1, -0.05) is 19.6 Å². The predicted octanol–water partition coefficient (Wildman–Crippen LogP) is 2.93. The second kappa shape index (κ2) is 20.3. The summed E-state index contributed by atoms with van der Waals surface area (Å²) in [5.74, 6) is -2.55. The second-order valence-electron chi connectivity index (χ2n) is 15.4. The number of aliphatic hydroxyl groups excluding tert-OH is 2. The van der Waals surface area contributed by atoms with E-state index in [2.05, 4.69) is 18.5 Å². The van der Waals surface area contributed by atoms with Crippen molar-refractivity contribution < 1.29 is 63.0 Å². The van der Waals surface area contributed by atoms with Crippen LogP contribution in [0, 0.1) is 11.8 Å². The maximum Gasteiger partial charge on any atom is 0.411 e. The van der Waals surface area contributed by atoms with E-state index in [9.17, 15) is 39.0 Å². The van der Waals surface area contributed by atoms with Crippen molar-refractivity contribution >= 4 is 48.4 Å². The molecule has 8 atom stereocenters. The Hall–Kier alpha value is -3.93. The van der Waals surface area contributed by atoms with E-state index >= 15 is 0 Å². The summed E-state index contributed by atoms with van der Waals surface area (Å²) in [7, 11) is 0. The number of β-amino-alcohol motifs (C(OH)–C–C–N with tert-alkyl or cyclic N) is 2. The summed E-state index contributed by atoms with van der Waals surface area (Å²) in [6, 6.07) is -1.90. The molecular weight excluding hydrogens is 744 g/mol. The minimum atomic E-state index is -1.14. The molecule has 55 heavy (non-hydrogen) atoms. The van der Waals surface area contributed by atoms with E-state index in [-0.39, 0.29) is 70.2 Å². The number of carbonyl (C=O) groups is 6. The number of nitrogens with one attached hydrogen (secondary N) is 1. The van der Waals surface area contributed by atoms with Gasteiger partial charge in [0.1, 0.15) is 34.4 Å². The molecule has 2 saturated carbocycles. The molecule has 0 radical (unpaired) electrons. The van der Waals surface area contributed by atoms with E-state index in [1.165, 1.54) is 4.90 Å². The highest BCUT2D eigenvalue weighted by molar-refractivity contribution is 5.95. The van der Waals surface area contributed by atoms with Gasteiger partial charge in [0, 0.05) is 24.7 Å². The van der Waals surface area contributed by atoms with Crippen molar-refractivity contribution in [1.29, 1.82) is 0 Å². The summed E-state index contributed by atoms with van der Waals surface area (Å²) >= 11 is 0. The average molecular weight is 807 g/mol. The first-order chi connectivity index (χ1) is 24.4. The minimum Gasteiger partial charge on any atom is -0.480 e. The standard InChI is InChI=1S/C18H28N2O6.C10H17NO5.C8H13NO2.CH4.ClH/c1-6-11-9-18(11,15(23)25-7-2)19-14(22)13-8-12(21)10-20(13)16(24)26-17(3,4)5;1-10(2,3)16-9(15)11-5-6(12)4-7(11)8(13)14;1-3-6-5-8(6,9)7(10)11-4-2;;/h6,11-13,21H,1,7-10H2,2-5H3,(H,19,22);6-7,12H,4-5H2,1-3H3,(H,13,14);3,6H,1,4-5,9H2,2H3;1H4;1H/t11-,12+,13-,18-;6-,7+;6?,8-;;/m011../s1. The van der Waals surface area contributed by atoms with Crippen LogP contribution in [0.5, 0.6) is 0 Å². The molecule has 3 amide bonds. The van der Waals surface area contributed by atoms with Crippen molar-refractivity contribution in [2.45, 2.75) is 135 Å². The third-order valence-corrected chi connectivity index (χ3v) is 8.69. The molecule has 316 valence electrons. The summed E-state index contributed by atoms with van der Waals surface area (Å²) in [5, 5.41) is 30.9. The summed E-state index contributed by atoms with van der Waals surface area (Å²) in [6.07, 6.45) is 1.53. The quantitative estimate of drug-likeness (QED) is 0.128. The van der Waals surface area contributed by atoms with Gasteiger partial charge in [-0.2, -0.15) is 0 Å². The first-order valence-corrected chi connectivity index (χ1v) is 17.7. The fourth-order valence-corrected chi connectivity index (χ4v) is 5.82. The molecular formula is C37H63ClN4O13. The number of halogens is 1.